The van der Waals surface area contributed by atoms with Crippen LogP contribution in [0.4, 0.5) is 0 Å². The second-order valence-electron chi connectivity index (χ2n) is 3.92. The van der Waals surface area contributed by atoms with E-state index in [1.54, 1.807) is 19.2 Å². The molecule has 0 saturated heterocycles. The highest BCUT2D eigenvalue weighted by Gasteiger charge is 2.02. The molecule has 1 aromatic rings. The molecule has 0 aliphatic heterocycles. The molecule has 0 atom stereocenters. The van der Waals surface area contributed by atoms with E-state index in [4.69, 9.17) is 5.73 Å². The van der Waals surface area contributed by atoms with Crippen LogP contribution in [-0.2, 0) is 6.54 Å². The molecule has 1 amide bonds. The number of benzene rings is 1. The molecular formula is C13H20N4O. The molecule has 18 heavy (non-hydrogen) atoms. The molecule has 1 aromatic carbocycles. The summed E-state index contributed by atoms with van der Waals surface area (Å²) in [6.45, 7) is 3.57. The number of nitrogens with zero attached hydrogens (tertiary/aromatic N) is 1. The minimum atomic E-state index is -0.412. The van der Waals surface area contributed by atoms with Crippen molar-refractivity contribution >= 4 is 11.9 Å². The Kier molecular flexibility index (Phi) is 5.70. The lowest BCUT2D eigenvalue weighted by atomic mass is 10.1. The van der Waals surface area contributed by atoms with Gasteiger partial charge in [0, 0.05) is 25.7 Å². The fourth-order valence-corrected chi connectivity index (χ4v) is 1.48. The first-order valence-corrected chi connectivity index (χ1v) is 6.00. The van der Waals surface area contributed by atoms with Crippen LogP contribution in [0.5, 0.6) is 0 Å². The van der Waals surface area contributed by atoms with E-state index in [0.717, 1.165) is 24.5 Å². The highest BCUT2D eigenvalue weighted by Crippen LogP contribution is 2.04. The number of nitrogens with two attached hydrogens (primary N) is 1. The maximum atomic E-state index is 11.1. The summed E-state index contributed by atoms with van der Waals surface area (Å²) in [4.78, 5) is 15.2. The average Bonchev–Trinajstić information content (AvgIpc) is 2.39. The van der Waals surface area contributed by atoms with Gasteiger partial charge in [0.2, 0.25) is 5.91 Å². The summed E-state index contributed by atoms with van der Waals surface area (Å²) in [5, 5.41) is 6.35. The minimum Gasteiger partial charge on any atom is -0.366 e. The molecule has 5 heteroatoms. The van der Waals surface area contributed by atoms with Crippen molar-refractivity contribution in [2.45, 2.75) is 19.9 Å². The van der Waals surface area contributed by atoms with Gasteiger partial charge in [-0.1, -0.05) is 19.1 Å². The number of guanidine groups is 1. The highest BCUT2D eigenvalue weighted by atomic mass is 16.1. The Morgan fingerprint density at radius 1 is 1.39 bits per heavy atom. The molecule has 0 aliphatic carbocycles. The summed E-state index contributed by atoms with van der Waals surface area (Å²) in [6, 6.07) is 7.24. The molecule has 0 aliphatic rings. The number of amides is 1. The zero-order chi connectivity index (χ0) is 13.4. The normalized spacial score (nSPS) is 11.1. The third-order valence-electron chi connectivity index (χ3n) is 2.44. The van der Waals surface area contributed by atoms with Gasteiger partial charge in [0.15, 0.2) is 5.96 Å². The molecule has 0 unspecified atom stereocenters. The third kappa shape index (κ3) is 4.45. The molecule has 0 radical (unpaired) electrons. The largest absolute Gasteiger partial charge is 0.366 e. The van der Waals surface area contributed by atoms with Gasteiger partial charge in [0.25, 0.3) is 0 Å². The molecule has 0 heterocycles. The van der Waals surface area contributed by atoms with Crippen molar-refractivity contribution in [2.75, 3.05) is 13.6 Å². The summed E-state index contributed by atoms with van der Waals surface area (Å²) in [5.41, 5.74) is 6.75. The zero-order valence-electron chi connectivity index (χ0n) is 10.9. The van der Waals surface area contributed by atoms with Crippen molar-refractivity contribution in [3.05, 3.63) is 35.4 Å². The molecule has 4 N–H and O–H groups in total. The van der Waals surface area contributed by atoms with Crippen LogP contribution >= 0.6 is 0 Å². The molecular weight excluding hydrogens is 228 g/mol. The van der Waals surface area contributed by atoms with Crippen LogP contribution in [0.2, 0.25) is 0 Å². The van der Waals surface area contributed by atoms with E-state index in [2.05, 4.69) is 22.5 Å². The molecule has 0 aromatic heterocycles. The highest BCUT2D eigenvalue weighted by molar-refractivity contribution is 5.92. The number of carbonyl (C=O) groups excluding carboxylic acids is 1. The number of hydrogen-bond acceptors (Lipinski definition) is 2. The summed E-state index contributed by atoms with van der Waals surface area (Å²) in [7, 11) is 1.73. The van der Waals surface area contributed by atoms with Crippen LogP contribution in [0, 0.1) is 0 Å². The monoisotopic (exact) mass is 248 g/mol. The smallest absolute Gasteiger partial charge is 0.248 e. The topological polar surface area (TPSA) is 79.5 Å². The molecule has 98 valence electrons. The lowest BCUT2D eigenvalue weighted by Crippen LogP contribution is -2.37. The zero-order valence-corrected chi connectivity index (χ0v) is 10.9. The van der Waals surface area contributed by atoms with Crippen LogP contribution in [0.3, 0.4) is 0 Å². The fraction of sp³-hybridized carbons (Fsp3) is 0.385. The molecule has 0 saturated carbocycles. The Balaban J connectivity index is 2.57. The number of aliphatic imine (C=N–C) groups is 1. The predicted molar refractivity (Wildman–Crippen MR) is 73.5 cm³/mol. The van der Waals surface area contributed by atoms with Gasteiger partial charge in [-0.3, -0.25) is 9.79 Å². The Hall–Kier alpha value is -2.04. The van der Waals surface area contributed by atoms with Gasteiger partial charge in [-0.15, -0.1) is 0 Å². The Labute approximate surface area is 107 Å². The van der Waals surface area contributed by atoms with Crippen molar-refractivity contribution in [1.82, 2.24) is 10.6 Å². The second kappa shape index (κ2) is 7.32. The maximum Gasteiger partial charge on any atom is 0.248 e. The SMILES string of the molecule is CCCNC(=NC)NCc1cccc(C(N)=O)c1. The van der Waals surface area contributed by atoms with Crippen molar-refractivity contribution < 1.29 is 4.79 Å². The third-order valence-corrected chi connectivity index (χ3v) is 2.44. The van der Waals surface area contributed by atoms with Crippen LogP contribution in [0.25, 0.3) is 0 Å². The summed E-state index contributed by atoms with van der Waals surface area (Å²) < 4.78 is 0. The van der Waals surface area contributed by atoms with Gasteiger partial charge in [-0.05, 0) is 24.1 Å². The van der Waals surface area contributed by atoms with E-state index in [-0.39, 0.29) is 0 Å². The molecule has 5 nitrogen and oxygen atoms in total. The van der Waals surface area contributed by atoms with E-state index in [0.29, 0.717) is 12.1 Å². The van der Waals surface area contributed by atoms with Crippen LogP contribution in [0.15, 0.2) is 29.3 Å². The number of hydrogen-bond donors (Lipinski definition) is 3. The first kappa shape index (κ1) is 14.0. The molecule has 0 fully saturated rings. The van der Waals surface area contributed by atoms with Crippen LogP contribution < -0.4 is 16.4 Å². The second-order valence-corrected chi connectivity index (χ2v) is 3.92. The molecule has 1 rings (SSSR count). The van der Waals surface area contributed by atoms with Crippen LogP contribution in [0.1, 0.15) is 29.3 Å². The van der Waals surface area contributed by atoms with Crippen molar-refractivity contribution in [1.29, 1.82) is 0 Å². The van der Waals surface area contributed by atoms with E-state index in [1.807, 2.05) is 12.1 Å². The summed E-state index contributed by atoms with van der Waals surface area (Å²) in [5.74, 6) is 0.340. The Morgan fingerprint density at radius 2 is 2.17 bits per heavy atom. The number of primary amides is 1. The van der Waals surface area contributed by atoms with Crippen LogP contribution in [-0.4, -0.2) is 25.5 Å². The Morgan fingerprint density at radius 3 is 2.78 bits per heavy atom. The van der Waals surface area contributed by atoms with E-state index in [1.165, 1.54) is 0 Å². The first-order valence-electron chi connectivity index (χ1n) is 6.00. The number of nitrogens with one attached hydrogen (secondary N) is 2. The van der Waals surface area contributed by atoms with Gasteiger partial charge in [-0.2, -0.15) is 0 Å². The number of carbonyl (C=O) groups is 1. The Bertz CT molecular complexity index is 429. The number of rotatable bonds is 5. The maximum absolute atomic E-state index is 11.1. The predicted octanol–water partition coefficient (Wildman–Crippen LogP) is 0.860. The van der Waals surface area contributed by atoms with Crippen molar-refractivity contribution in [2.24, 2.45) is 10.7 Å². The van der Waals surface area contributed by atoms with Crippen molar-refractivity contribution in [3.8, 4) is 0 Å². The summed E-state index contributed by atoms with van der Waals surface area (Å²) >= 11 is 0. The van der Waals surface area contributed by atoms with E-state index in [9.17, 15) is 4.79 Å². The molecule has 0 bridgehead atoms. The summed E-state index contributed by atoms with van der Waals surface area (Å²) in [6.07, 6.45) is 1.04. The fourth-order valence-electron chi connectivity index (χ4n) is 1.48. The quantitative estimate of drug-likeness (QED) is 0.534. The van der Waals surface area contributed by atoms with E-state index >= 15 is 0 Å². The minimum absolute atomic E-state index is 0.412. The average molecular weight is 248 g/mol. The van der Waals surface area contributed by atoms with Crippen molar-refractivity contribution in [3.63, 3.8) is 0 Å². The lowest BCUT2D eigenvalue weighted by Gasteiger charge is -2.11. The molecule has 0 spiro atoms. The van der Waals surface area contributed by atoms with Gasteiger partial charge < -0.3 is 16.4 Å². The van der Waals surface area contributed by atoms with Gasteiger partial charge in [-0.25, -0.2) is 0 Å². The first-order chi connectivity index (χ1) is 8.67. The van der Waals surface area contributed by atoms with Gasteiger partial charge in [0.05, 0.1) is 0 Å². The van der Waals surface area contributed by atoms with E-state index < -0.39 is 5.91 Å². The standard InChI is InChI=1S/C13H20N4O/c1-3-7-16-13(15-2)17-9-10-5-4-6-11(8-10)12(14)18/h4-6,8H,3,7,9H2,1-2H3,(H2,14,18)(H2,15,16,17). The lowest BCUT2D eigenvalue weighted by molar-refractivity contribution is 0.1000. The van der Waals surface area contributed by atoms with Gasteiger partial charge in [0.1, 0.15) is 0 Å². The van der Waals surface area contributed by atoms with Gasteiger partial charge >= 0.3 is 0 Å².